The molecule has 1 N–H and O–H groups in total. The number of benzene rings is 3. The number of aromatic amines is 1. The van der Waals surface area contributed by atoms with Crippen molar-refractivity contribution in [1.29, 1.82) is 0 Å². The lowest BCUT2D eigenvalue weighted by Gasteiger charge is -2.24. The first kappa shape index (κ1) is 23.1. The molecule has 6 nitrogen and oxygen atoms in total. The molecule has 0 saturated heterocycles. The van der Waals surface area contributed by atoms with Crippen LogP contribution in [0.4, 0.5) is 0 Å². The lowest BCUT2D eigenvalue weighted by atomic mass is 10.0. The zero-order valence-electron chi connectivity index (χ0n) is 19.8. The van der Waals surface area contributed by atoms with E-state index < -0.39 is 0 Å². The molecule has 0 unspecified atom stereocenters. The molecule has 0 radical (unpaired) electrons. The molecule has 1 heterocycles. The summed E-state index contributed by atoms with van der Waals surface area (Å²) < 4.78 is 10.9. The molecule has 34 heavy (non-hydrogen) atoms. The van der Waals surface area contributed by atoms with E-state index in [9.17, 15) is 9.59 Å². The van der Waals surface area contributed by atoms with Gasteiger partial charge in [0.2, 0.25) is 0 Å². The Labute approximate surface area is 198 Å². The molecule has 1 aromatic heterocycles. The van der Waals surface area contributed by atoms with E-state index >= 15 is 0 Å². The van der Waals surface area contributed by atoms with Crippen LogP contribution in [0.15, 0.2) is 71.5 Å². The van der Waals surface area contributed by atoms with Gasteiger partial charge in [0.25, 0.3) is 11.5 Å². The van der Waals surface area contributed by atoms with Crippen molar-refractivity contribution in [3.63, 3.8) is 0 Å². The lowest BCUT2D eigenvalue weighted by Crippen LogP contribution is -2.33. The first-order chi connectivity index (χ1) is 16.4. The number of para-hydroxylation sites is 2. The third-order valence-corrected chi connectivity index (χ3v) is 6.07. The normalized spacial score (nSPS) is 10.8. The maximum absolute atomic E-state index is 13.7. The summed E-state index contributed by atoms with van der Waals surface area (Å²) in [6.07, 6.45) is 0. The molecule has 0 spiro atoms. The van der Waals surface area contributed by atoms with Gasteiger partial charge in [-0.1, -0.05) is 30.3 Å². The smallest absolute Gasteiger partial charge is 0.258 e. The highest BCUT2D eigenvalue weighted by Gasteiger charge is 2.22. The number of carbonyl (C=O) groups is 1. The standard InChI is InChI=1S/C28H28N2O4/c1-18-13-21-15-22(27(31)29-24(21)14-19(18)2)17-30(16-20-9-5-7-11-25(20)33-3)28(32)23-10-6-8-12-26(23)34-4/h5-15H,16-17H2,1-4H3,(H,29,31). The van der Waals surface area contributed by atoms with Crippen LogP contribution in [-0.2, 0) is 13.1 Å². The highest BCUT2D eigenvalue weighted by molar-refractivity contribution is 5.97. The first-order valence-corrected chi connectivity index (χ1v) is 11.1. The van der Waals surface area contributed by atoms with Crippen LogP contribution in [0.3, 0.4) is 0 Å². The van der Waals surface area contributed by atoms with Gasteiger partial charge in [-0.3, -0.25) is 9.59 Å². The molecule has 4 rings (SSSR count). The fourth-order valence-electron chi connectivity index (χ4n) is 4.08. The molecule has 4 aromatic rings. The second-order valence-electron chi connectivity index (χ2n) is 8.32. The van der Waals surface area contributed by atoms with Crippen LogP contribution < -0.4 is 15.0 Å². The van der Waals surface area contributed by atoms with Crippen molar-refractivity contribution in [3.8, 4) is 11.5 Å². The maximum Gasteiger partial charge on any atom is 0.258 e. The Kier molecular flexibility index (Phi) is 6.68. The number of methoxy groups -OCH3 is 2. The second kappa shape index (κ2) is 9.83. The summed E-state index contributed by atoms with van der Waals surface area (Å²) in [6, 6.07) is 20.5. The number of H-pyrrole nitrogens is 1. The Hall–Kier alpha value is -4.06. The molecular formula is C28H28N2O4. The van der Waals surface area contributed by atoms with Gasteiger partial charge in [0.15, 0.2) is 0 Å². The van der Waals surface area contributed by atoms with E-state index in [1.807, 2.05) is 56.3 Å². The molecule has 0 aliphatic heterocycles. The van der Waals surface area contributed by atoms with Crippen molar-refractivity contribution < 1.29 is 14.3 Å². The van der Waals surface area contributed by atoms with E-state index in [0.717, 1.165) is 27.6 Å². The summed E-state index contributed by atoms with van der Waals surface area (Å²) >= 11 is 0. The average Bonchev–Trinajstić information content (AvgIpc) is 2.85. The van der Waals surface area contributed by atoms with Crippen LogP contribution in [0.2, 0.25) is 0 Å². The number of nitrogens with one attached hydrogen (secondary N) is 1. The first-order valence-electron chi connectivity index (χ1n) is 11.1. The Morgan fingerprint density at radius 1 is 0.824 bits per heavy atom. The molecule has 0 fully saturated rings. The molecule has 0 atom stereocenters. The number of carbonyl (C=O) groups excluding carboxylic acids is 1. The number of ether oxygens (including phenoxy) is 2. The molecule has 1 amide bonds. The summed E-state index contributed by atoms with van der Waals surface area (Å²) in [6.45, 7) is 4.46. The van der Waals surface area contributed by atoms with Crippen LogP contribution in [0, 0.1) is 13.8 Å². The predicted molar refractivity (Wildman–Crippen MR) is 134 cm³/mol. The minimum absolute atomic E-state index is 0.132. The number of aryl methyl sites for hydroxylation is 2. The monoisotopic (exact) mass is 456 g/mol. The van der Waals surface area contributed by atoms with E-state index in [1.165, 1.54) is 7.11 Å². The van der Waals surface area contributed by atoms with Crippen molar-refractivity contribution in [2.24, 2.45) is 0 Å². The lowest BCUT2D eigenvalue weighted by molar-refractivity contribution is 0.0725. The number of nitrogens with zero attached hydrogens (tertiary/aromatic N) is 1. The van der Waals surface area contributed by atoms with Crippen molar-refractivity contribution in [3.05, 3.63) is 105 Å². The summed E-state index contributed by atoms with van der Waals surface area (Å²) in [5.74, 6) is 0.929. The predicted octanol–water partition coefficient (Wildman–Crippen LogP) is 5.00. The molecule has 3 aromatic carbocycles. The average molecular weight is 457 g/mol. The Bertz CT molecular complexity index is 1410. The topological polar surface area (TPSA) is 71.6 Å². The minimum Gasteiger partial charge on any atom is -0.496 e. The van der Waals surface area contributed by atoms with E-state index in [-0.39, 0.29) is 24.6 Å². The van der Waals surface area contributed by atoms with Gasteiger partial charge in [0.1, 0.15) is 11.5 Å². The SMILES string of the molecule is COc1ccccc1CN(Cc1cc2cc(C)c(C)cc2[nH]c1=O)C(=O)c1ccccc1OC. The van der Waals surface area contributed by atoms with Gasteiger partial charge in [0, 0.05) is 23.2 Å². The number of amides is 1. The summed E-state index contributed by atoms with van der Waals surface area (Å²) in [5.41, 5.74) is 4.61. The van der Waals surface area contributed by atoms with Crippen molar-refractivity contribution >= 4 is 16.8 Å². The highest BCUT2D eigenvalue weighted by Crippen LogP contribution is 2.25. The van der Waals surface area contributed by atoms with Gasteiger partial charge in [-0.2, -0.15) is 0 Å². The fourth-order valence-corrected chi connectivity index (χ4v) is 4.08. The largest absolute Gasteiger partial charge is 0.496 e. The van der Waals surface area contributed by atoms with E-state index in [0.29, 0.717) is 22.6 Å². The molecule has 174 valence electrons. The Morgan fingerprint density at radius 3 is 2.18 bits per heavy atom. The van der Waals surface area contributed by atoms with Crippen molar-refractivity contribution in [2.75, 3.05) is 14.2 Å². The van der Waals surface area contributed by atoms with E-state index in [1.54, 1.807) is 30.2 Å². The second-order valence-corrected chi connectivity index (χ2v) is 8.32. The molecule has 0 aliphatic rings. The fraction of sp³-hybridized carbons (Fsp3) is 0.214. The Morgan fingerprint density at radius 2 is 1.44 bits per heavy atom. The number of pyridine rings is 1. The maximum atomic E-state index is 13.7. The van der Waals surface area contributed by atoms with Crippen LogP contribution in [0.1, 0.15) is 32.6 Å². The number of fused-ring (bicyclic) bond motifs is 1. The van der Waals surface area contributed by atoms with E-state index in [2.05, 4.69) is 11.1 Å². The summed E-state index contributed by atoms with van der Waals surface area (Å²) in [5, 5.41) is 0.930. The van der Waals surface area contributed by atoms with Crippen LogP contribution in [0.5, 0.6) is 11.5 Å². The zero-order valence-corrected chi connectivity index (χ0v) is 19.8. The molecular weight excluding hydrogens is 428 g/mol. The van der Waals surface area contributed by atoms with Gasteiger partial charge in [0.05, 0.1) is 26.3 Å². The number of hydrogen-bond donors (Lipinski definition) is 1. The summed E-state index contributed by atoms with van der Waals surface area (Å²) in [7, 11) is 3.14. The number of aromatic nitrogens is 1. The number of hydrogen-bond acceptors (Lipinski definition) is 4. The van der Waals surface area contributed by atoms with Crippen LogP contribution in [-0.4, -0.2) is 30.0 Å². The quantitative estimate of drug-likeness (QED) is 0.425. The van der Waals surface area contributed by atoms with Gasteiger partial charge in [-0.25, -0.2) is 0 Å². The van der Waals surface area contributed by atoms with E-state index in [4.69, 9.17) is 9.47 Å². The Balaban J connectivity index is 1.78. The molecule has 6 heteroatoms. The van der Waals surface area contributed by atoms with Crippen LogP contribution >= 0.6 is 0 Å². The zero-order chi connectivity index (χ0) is 24.2. The molecule has 0 bridgehead atoms. The van der Waals surface area contributed by atoms with Gasteiger partial charge < -0.3 is 19.4 Å². The third kappa shape index (κ3) is 4.66. The molecule has 0 aliphatic carbocycles. The highest BCUT2D eigenvalue weighted by atomic mass is 16.5. The van der Waals surface area contributed by atoms with Gasteiger partial charge in [-0.15, -0.1) is 0 Å². The van der Waals surface area contributed by atoms with Crippen molar-refractivity contribution in [1.82, 2.24) is 9.88 Å². The van der Waals surface area contributed by atoms with Crippen molar-refractivity contribution in [2.45, 2.75) is 26.9 Å². The molecule has 0 saturated carbocycles. The third-order valence-electron chi connectivity index (χ3n) is 6.07. The number of rotatable bonds is 7. The van der Waals surface area contributed by atoms with Gasteiger partial charge in [-0.05, 0) is 66.8 Å². The van der Waals surface area contributed by atoms with Crippen LogP contribution in [0.25, 0.3) is 10.9 Å². The van der Waals surface area contributed by atoms with Gasteiger partial charge >= 0.3 is 0 Å². The minimum atomic E-state index is -0.233. The summed E-state index contributed by atoms with van der Waals surface area (Å²) in [4.78, 5) is 31.3.